The lowest BCUT2D eigenvalue weighted by molar-refractivity contribution is -0.385. The SMILES string of the molecule is Cc1cc(=O)c(C(=O)Nc2ccc(Br)c([N+](=O)[O-])c2)c[nH]1. The van der Waals surface area contributed by atoms with Crippen molar-refractivity contribution in [3.8, 4) is 0 Å². The third kappa shape index (κ3) is 3.34. The Labute approximate surface area is 127 Å². The summed E-state index contributed by atoms with van der Waals surface area (Å²) in [7, 11) is 0. The number of nitro groups is 1. The summed E-state index contributed by atoms with van der Waals surface area (Å²) in [6, 6.07) is 5.47. The maximum atomic E-state index is 12.0. The number of aromatic amines is 1. The number of pyridine rings is 1. The number of H-pyrrole nitrogens is 1. The first-order valence-corrected chi connectivity index (χ1v) is 6.62. The van der Waals surface area contributed by atoms with Gasteiger partial charge in [-0.3, -0.25) is 19.7 Å². The number of nitro benzene ring substituents is 1. The summed E-state index contributed by atoms with van der Waals surface area (Å²) < 4.78 is 0.304. The Morgan fingerprint density at radius 2 is 2.10 bits per heavy atom. The second-order valence-corrected chi connectivity index (χ2v) is 5.13. The van der Waals surface area contributed by atoms with Gasteiger partial charge in [-0.15, -0.1) is 0 Å². The van der Waals surface area contributed by atoms with E-state index in [1.807, 2.05) is 0 Å². The van der Waals surface area contributed by atoms with Crippen LogP contribution in [0.25, 0.3) is 0 Å². The van der Waals surface area contributed by atoms with Gasteiger partial charge >= 0.3 is 0 Å². The third-order valence-corrected chi connectivity index (χ3v) is 3.37. The molecular weight excluding hydrogens is 342 g/mol. The molecule has 0 radical (unpaired) electrons. The van der Waals surface area contributed by atoms with Crippen molar-refractivity contribution in [1.29, 1.82) is 0 Å². The molecule has 2 aromatic rings. The zero-order valence-corrected chi connectivity index (χ0v) is 12.4. The predicted octanol–water partition coefficient (Wildman–Crippen LogP) is 2.61. The number of hydrogen-bond donors (Lipinski definition) is 2. The molecule has 0 aliphatic heterocycles. The summed E-state index contributed by atoms with van der Waals surface area (Å²) in [6.45, 7) is 1.70. The fourth-order valence-corrected chi connectivity index (χ4v) is 2.07. The van der Waals surface area contributed by atoms with Gasteiger partial charge in [0.05, 0.1) is 9.40 Å². The lowest BCUT2D eigenvalue weighted by Gasteiger charge is -2.05. The van der Waals surface area contributed by atoms with Gasteiger partial charge in [-0.05, 0) is 35.0 Å². The Hall–Kier alpha value is -2.48. The van der Waals surface area contributed by atoms with E-state index in [0.29, 0.717) is 10.2 Å². The zero-order chi connectivity index (χ0) is 15.6. The van der Waals surface area contributed by atoms with Crippen LogP contribution in [0.2, 0.25) is 0 Å². The minimum absolute atomic E-state index is 0.0637. The molecule has 0 saturated heterocycles. The summed E-state index contributed by atoms with van der Waals surface area (Å²) >= 11 is 3.05. The molecule has 2 rings (SSSR count). The molecule has 0 saturated carbocycles. The van der Waals surface area contributed by atoms with Gasteiger partial charge in [0.15, 0.2) is 5.43 Å². The van der Waals surface area contributed by atoms with E-state index in [4.69, 9.17) is 0 Å². The van der Waals surface area contributed by atoms with Gasteiger partial charge in [0.25, 0.3) is 11.6 Å². The van der Waals surface area contributed by atoms with Crippen LogP contribution in [0.3, 0.4) is 0 Å². The normalized spacial score (nSPS) is 10.2. The minimum Gasteiger partial charge on any atom is -0.364 e. The van der Waals surface area contributed by atoms with Crippen LogP contribution >= 0.6 is 15.9 Å². The van der Waals surface area contributed by atoms with E-state index < -0.39 is 16.3 Å². The number of anilines is 1. The van der Waals surface area contributed by atoms with Gasteiger partial charge < -0.3 is 10.3 Å². The minimum atomic E-state index is -0.632. The second kappa shape index (κ2) is 5.88. The molecule has 0 unspecified atom stereocenters. The van der Waals surface area contributed by atoms with Crippen molar-refractivity contribution >= 4 is 33.2 Å². The van der Waals surface area contributed by atoms with Crippen molar-refractivity contribution in [3.05, 3.63) is 66.5 Å². The van der Waals surface area contributed by atoms with Gasteiger partial charge in [0, 0.05) is 29.7 Å². The van der Waals surface area contributed by atoms with Gasteiger partial charge in [-0.25, -0.2) is 0 Å². The van der Waals surface area contributed by atoms with E-state index in [0.717, 1.165) is 0 Å². The highest BCUT2D eigenvalue weighted by Gasteiger charge is 2.15. The number of rotatable bonds is 3. The Balaban J connectivity index is 2.29. The molecule has 2 N–H and O–H groups in total. The van der Waals surface area contributed by atoms with Crippen LogP contribution in [0.1, 0.15) is 16.1 Å². The van der Waals surface area contributed by atoms with Gasteiger partial charge in [0.2, 0.25) is 0 Å². The highest BCUT2D eigenvalue weighted by atomic mass is 79.9. The first-order chi connectivity index (χ1) is 9.88. The number of aryl methyl sites for hydroxylation is 1. The largest absolute Gasteiger partial charge is 0.364 e. The number of carbonyl (C=O) groups excluding carboxylic acids is 1. The highest BCUT2D eigenvalue weighted by molar-refractivity contribution is 9.10. The molecule has 8 heteroatoms. The summed E-state index contributed by atoms with van der Waals surface area (Å²) in [5.74, 6) is -0.632. The Bertz CT molecular complexity index is 785. The number of hydrogen-bond acceptors (Lipinski definition) is 4. The lowest BCUT2D eigenvalue weighted by atomic mass is 10.2. The molecule has 1 aromatic heterocycles. The number of aromatic nitrogens is 1. The van der Waals surface area contributed by atoms with Crippen LogP contribution in [0.5, 0.6) is 0 Å². The van der Waals surface area contributed by atoms with Gasteiger partial charge in [-0.1, -0.05) is 0 Å². The maximum absolute atomic E-state index is 12.0. The molecule has 7 nitrogen and oxygen atoms in total. The molecule has 108 valence electrons. The number of amides is 1. The van der Waals surface area contributed by atoms with Crippen LogP contribution in [-0.4, -0.2) is 15.8 Å². The maximum Gasteiger partial charge on any atom is 0.285 e. The number of benzene rings is 1. The van der Waals surface area contributed by atoms with E-state index in [1.54, 1.807) is 6.92 Å². The van der Waals surface area contributed by atoms with Crippen LogP contribution in [0.15, 0.2) is 39.7 Å². The molecule has 1 aromatic carbocycles. The van der Waals surface area contributed by atoms with Crippen LogP contribution in [0, 0.1) is 17.0 Å². The number of nitrogens with zero attached hydrogens (tertiary/aromatic N) is 1. The average Bonchev–Trinajstić information content (AvgIpc) is 2.40. The predicted molar refractivity (Wildman–Crippen MR) is 80.5 cm³/mol. The summed E-state index contributed by atoms with van der Waals surface area (Å²) in [5.41, 5.74) is 0.206. The van der Waals surface area contributed by atoms with Gasteiger partial charge in [0.1, 0.15) is 5.56 Å². The average molecular weight is 352 g/mol. The van der Waals surface area contributed by atoms with Crippen molar-refractivity contribution in [2.75, 3.05) is 5.32 Å². The van der Waals surface area contributed by atoms with Crippen molar-refractivity contribution in [2.24, 2.45) is 0 Å². The molecule has 21 heavy (non-hydrogen) atoms. The standard InChI is InChI=1S/C13H10BrN3O4/c1-7-4-12(18)9(6-15-7)13(19)16-8-2-3-10(14)11(5-8)17(20)21/h2-6H,1H3,(H,15,18)(H,16,19). The first-order valence-electron chi connectivity index (χ1n) is 5.83. The van der Waals surface area contributed by atoms with E-state index >= 15 is 0 Å². The first kappa shape index (κ1) is 14.9. The van der Waals surface area contributed by atoms with E-state index in [-0.39, 0.29) is 16.9 Å². The van der Waals surface area contributed by atoms with Crippen LogP contribution in [0.4, 0.5) is 11.4 Å². The number of nitrogens with one attached hydrogen (secondary N) is 2. The zero-order valence-electron chi connectivity index (χ0n) is 10.8. The van der Waals surface area contributed by atoms with E-state index in [1.165, 1.54) is 30.5 Å². The monoisotopic (exact) mass is 351 g/mol. The second-order valence-electron chi connectivity index (χ2n) is 4.27. The van der Waals surface area contributed by atoms with Crippen molar-refractivity contribution < 1.29 is 9.72 Å². The molecule has 0 bridgehead atoms. The molecule has 0 aliphatic carbocycles. The van der Waals surface area contributed by atoms with Crippen molar-refractivity contribution in [3.63, 3.8) is 0 Å². The fourth-order valence-electron chi connectivity index (χ4n) is 1.68. The Morgan fingerprint density at radius 3 is 2.71 bits per heavy atom. The molecule has 0 atom stereocenters. The van der Waals surface area contributed by atoms with E-state index in [9.17, 15) is 19.7 Å². The molecule has 0 spiro atoms. The smallest absolute Gasteiger partial charge is 0.285 e. The van der Waals surface area contributed by atoms with Gasteiger partial charge in [-0.2, -0.15) is 0 Å². The Kier molecular flexibility index (Phi) is 4.18. The molecule has 1 heterocycles. The third-order valence-electron chi connectivity index (χ3n) is 2.70. The summed E-state index contributed by atoms with van der Waals surface area (Å²) in [5, 5.41) is 13.3. The summed E-state index contributed by atoms with van der Waals surface area (Å²) in [4.78, 5) is 36.7. The molecule has 0 aliphatic rings. The summed E-state index contributed by atoms with van der Waals surface area (Å²) in [6.07, 6.45) is 1.31. The number of carbonyl (C=O) groups is 1. The van der Waals surface area contributed by atoms with Crippen molar-refractivity contribution in [2.45, 2.75) is 6.92 Å². The molecule has 0 fully saturated rings. The van der Waals surface area contributed by atoms with Crippen LogP contribution < -0.4 is 10.7 Å². The fraction of sp³-hybridized carbons (Fsp3) is 0.0769. The Morgan fingerprint density at radius 1 is 1.38 bits per heavy atom. The highest BCUT2D eigenvalue weighted by Crippen LogP contribution is 2.27. The lowest BCUT2D eigenvalue weighted by Crippen LogP contribution is -2.21. The molecular formula is C13H10BrN3O4. The number of halogens is 1. The quantitative estimate of drug-likeness (QED) is 0.654. The topological polar surface area (TPSA) is 105 Å². The molecule has 1 amide bonds. The van der Waals surface area contributed by atoms with E-state index in [2.05, 4.69) is 26.2 Å². The van der Waals surface area contributed by atoms with Crippen molar-refractivity contribution in [1.82, 2.24) is 4.98 Å². The van der Waals surface area contributed by atoms with Crippen LogP contribution in [-0.2, 0) is 0 Å².